The molecular formula is C14H21N3OS. The third-order valence-corrected chi connectivity index (χ3v) is 4.95. The Hall–Kier alpha value is -1.23. The van der Waals surface area contributed by atoms with E-state index in [2.05, 4.69) is 10.6 Å². The zero-order chi connectivity index (χ0) is 13.4. The molecule has 2 fully saturated rings. The Labute approximate surface area is 117 Å². The first-order valence-corrected chi connectivity index (χ1v) is 7.94. The largest absolute Gasteiger partial charge is 0.397 e. The highest BCUT2D eigenvalue weighted by atomic mass is 32.1. The monoisotopic (exact) mass is 279 g/mol. The van der Waals surface area contributed by atoms with Gasteiger partial charge in [-0.2, -0.15) is 0 Å². The molecule has 19 heavy (non-hydrogen) atoms. The van der Waals surface area contributed by atoms with Gasteiger partial charge in [-0.1, -0.05) is 0 Å². The van der Waals surface area contributed by atoms with Crippen LogP contribution in [0, 0.1) is 11.8 Å². The highest BCUT2D eigenvalue weighted by Crippen LogP contribution is 2.46. The highest BCUT2D eigenvalue weighted by molar-refractivity contribution is 7.18. The third kappa shape index (κ3) is 2.86. The van der Waals surface area contributed by atoms with Crippen molar-refractivity contribution in [1.82, 2.24) is 5.32 Å². The molecule has 0 bridgehead atoms. The summed E-state index contributed by atoms with van der Waals surface area (Å²) >= 11 is 1.48. The quantitative estimate of drug-likeness (QED) is 0.750. The van der Waals surface area contributed by atoms with E-state index >= 15 is 0 Å². The lowest BCUT2D eigenvalue weighted by Gasteiger charge is -2.17. The number of carbonyl (C=O) groups excluding carboxylic acids is 1. The van der Waals surface area contributed by atoms with E-state index in [1.165, 1.54) is 37.0 Å². The zero-order valence-electron chi connectivity index (χ0n) is 11.2. The summed E-state index contributed by atoms with van der Waals surface area (Å²) in [5.41, 5.74) is 6.53. The molecule has 3 rings (SSSR count). The van der Waals surface area contributed by atoms with Gasteiger partial charge in [-0.15, -0.1) is 11.3 Å². The van der Waals surface area contributed by atoms with Crippen molar-refractivity contribution >= 4 is 27.9 Å². The minimum atomic E-state index is -0.0626. The second kappa shape index (κ2) is 5.04. The molecule has 0 aromatic carbocycles. The van der Waals surface area contributed by atoms with Crippen molar-refractivity contribution < 1.29 is 4.79 Å². The number of nitrogens with one attached hydrogen (secondary N) is 2. The number of amides is 1. The molecule has 5 heteroatoms. The Kier molecular flexibility index (Phi) is 3.39. The summed E-state index contributed by atoms with van der Waals surface area (Å²) in [6.07, 6.45) is 5.38. The second-order valence-electron chi connectivity index (χ2n) is 5.60. The summed E-state index contributed by atoms with van der Waals surface area (Å²) in [6, 6.07) is 2.51. The molecule has 4 nitrogen and oxygen atoms in total. The van der Waals surface area contributed by atoms with Crippen molar-refractivity contribution in [1.29, 1.82) is 0 Å². The van der Waals surface area contributed by atoms with Crippen LogP contribution in [0.25, 0.3) is 0 Å². The van der Waals surface area contributed by atoms with Gasteiger partial charge in [0.2, 0.25) is 0 Å². The van der Waals surface area contributed by atoms with Crippen LogP contribution in [0.3, 0.4) is 0 Å². The first-order chi connectivity index (χ1) is 9.19. The predicted molar refractivity (Wildman–Crippen MR) is 79.6 cm³/mol. The molecule has 1 aromatic rings. The van der Waals surface area contributed by atoms with Gasteiger partial charge >= 0.3 is 0 Å². The van der Waals surface area contributed by atoms with E-state index in [4.69, 9.17) is 5.73 Å². The second-order valence-corrected chi connectivity index (χ2v) is 6.65. The molecule has 1 heterocycles. The Morgan fingerprint density at radius 1 is 1.42 bits per heavy atom. The summed E-state index contributed by atoms with van der Waals surface area (Å²) in [4.78, 5) is 12.5. The van der Waals surface area contributed by atoms with Crippen molar-refractivity contribution in [2.75, 3.05) is 17.6 Å². The molecule has 104 valence electrons. The smallest absolute Gasteiger partial charge is 0.263 e. The van der Waals surface area contributed by atoms with E-state index in [1.807, 2.05) is 13.0 Å². The molecule has 1 amide bonds. The van der Waals surface area contributed by atoms with Crippen LogP contribution in [0.5, 0.6) is 0 Å². The molecule has 0 radical (unpaired) electrons. The number of nitrogen functional groups attached to an aromatic ring is 1. The van der Waals surface area contributed by atoms with Gasteiger partial charge < -0.3 is 16.4 Å². The van der Waals surface area contributed by atoms with E-state index in [0.29, 0.717) is 23.2 Å². The van der Waals surface area contributed by atoms with E-state index in [9.17, 15) is 4.79 Å². The Balaban J connectivity index is 1.70. The number of nitrogens with two attached hydrogens (primary N) is 1. The average molecular weight is 279 g/mol. The maximum absolute atomic E-state index is 11.8. The lowest BCUT2D eigenvalue weighted by Crippen LogP contribution is -2.23. The van der Waals surface area contributed by atoms with Crippen LogP contribution in [0.1, 0.15) is 42.3 Å². The van der Waals surface area contributed by atoms with Gasteiger partial charge in [0.25, 0.3) is 5.91 Å². The van der Waals surface area contributed by atoms with Crippen LogP contribution in [-0.4, -0.2) is 18.5 Å². The van der Waals surface area contributed by atoms with Crippen molar-refractivity contribution in [2.24, 2.45) is 11.8 Å². The Morgan fingerprint density at radius 3 is 2.58 bits per heavy atom. The van der Waals surface area contributed by atoms with Crippen LogP contribution < -0.4 is 16.4 Å². The topological polar surface area (TPSA) is 67.2 Å². The number of anilines is 2. The molecule has 4 N–H and O–H groups in total. The van der Waals surface area contributed by atoms with Gasteiger partial charge in [0, 0.05) is 12.6 Å². The Morgan fingerprint density at radius 2 is 2.05 bits per heavy atom. The predicted octanol–water partition coefficient (Wildman–Crippen LogP) is 2.68. The van der Waals surface area contributed by atoms with Gasteiger partial charge in [-0.25, -0.2) is 0 Å². The average Bonchev–Trinajstić information content (AvgIpc) is 3.25. The molecule has 0 spiro atoms. The molecule has 0 atom stereocenters. The molecule has 2 aliphatic rings. The molecule has 0 saturated heterocycles. The number of carbonyl (C=O) groups is 1. The molecule has 1 aromatic heterocycles. The molecule has 2 saturated carbocycles. The summed E-state index contributed by atoms with van der Waals surface area (Å²) in [5, 5.41) is 7.47. The van der Waals surface area contributed by atoms with Crippen LogP contribution in [0.15, 0.2) is 6.07 Å². The van der Waals surface area contributed by atoms with Crippen LogP contribution in [0.4, 0.5) is 10.7 Å². The van der Waals surface area contributed by atoms with Gasteiger partial charge in [-0.3, -0.25) is 4.79 Å². The lowest BCUT2D eigenvalue weighted by molar-refractivity contribution is 0.0960. The van der Waals surface area contributed by atoms with Crippen LogP contribution in [-0.2, 0) is 0 Å². The minimum Gasteiger partial charge on any atom is -0.397 e. The number of hydrogen-bond donors (Lipinski definition) is 3. The van der Waals surface area contributed by atoms with Crippen LogP contribution >= 0.6 is 11.3 Å². The summed E-state index contributed by atoms with van der Waals surface area (Å²) in [6.45, 7) is 2.54. The number of hydrogen-bond acceptors (Lipinski definition) is 4. The third-order valence-electron chi connectivity index (χ3n) is 3.87. The van der Waals surface area contributed by atoms with Crippen LogP contribution in [0.2, 0.25) is 0 Å². The van der Waals surface area contributed by atoms with E-state index in [0.717, 1.165) is 16.8 Å². The Bertz CT molecular complexity index is 465. The highest BCUT2D eigenvalue weighted by Gasteiger charge is 2.41. The van der Waals surface area contributed by atoms with Gasteiger partial charge in [0.05, 0.1) is 10.7 Å². The van der Waals surface area contributed by atoms with E-state index in [-0.39, 0.29) is 5.91 Å². The lowest BCUT2D eigenvalue weighted by atomic mass is 10.1. The first-order valence-electron chi connectivity index (χ1n) is 7.13. The van der Waals surface area contributed by atoms with Crippen molar-refractivity contribution in [3.8, 4) is 0 Å². The normalized spacial score (nSPS) is 18.6. The zero-order valence-corrected chi connectivity index (χ0v) is 12.1. The summed E-state index contributed by atoms with van der Waals surface area (Å²) in [7, 11) is 0. The van der Waals surface area contributed by atoms with Gasteiger partial charge in [0.1, 0.15) is 4.88 Å². The number of thiophene rings is 1. The van der Waals surface area contributed by atoms with Crippen molar-refractivity contribution in [3.05, 3.63) is 10.9 Å². The molecule has 0 aliphatic heterocycles. The standard InChI is InChI=1S/C14H21N3OS/c1-2-16-14(18)13-10(15)7-11(19-13)17-12(8-3-4-8)9-5-6-9/h7-9,12,17H,2-6,15H2,1H3,(H,16,18). The fourth-order valence-electron chi connectivity index (χ4n) is 2.59. The van der Waals surface area contributed by atoms with Gasteiger partial charge in [-0.05, 0) is 50.5 Å². The molecular weight excluding hydrogens is 258 g/mol. The van der Waals surface area contributed by atoms with E-state index < -0.39 is 0 Å². The van der Waals surface area contributed by atoms with Crippen molar-refractivity contribution in [3.63, 3.8) is 0 Å². The maximum atomic E-state index is 11.8. The first kappa shape index (κ1) is 12.8. The number of rotatable bonds is 6. The SMILES string of the molecule is CCNC(=O)c1sc(NC(C2CC2)C2CC2)cc1N. The maximum Gasteiger partial charge on any atom is 0.263 e. The summed E-state index contributed by atoms with van der Waals surface area (Å²) in [5.74, 6) is 1.61. The molecule has 2 aliphatic carbocycles. The fourth-order valence-corrected chi connectivity index (χ4v) is 3.53. The summed E-state index contributed by atoms with van der Waals surface area (Å²) < 4.78 is 0. The van der Waals surface area contributed by atoms with Gasteiger partial charge in [0.15, 0.2) is 0 Å². The minimum absolute atomic E-state index is 0.0626. The fraction of sp³-hybridized carbons (Fsp3) is 0.643. The van der Waals surface area contributed by atoms with E-state index in [1.54, 1.807) is 0 Å². The van der Waals surface area contributed by atoms with Crippen molar-refractivity contribution in [2.45, 2.75) is 38.6 Å². The molecule has 0 unspecified atom stereocenters.